The summed E-state index contributed by atoms with van der Waals surface area (Å²) < 4.78 is 5.18. The van der Waals surface area contributed by atoms with Crippen LogP contribution in [0.15, 0.2) is 6.07 Å². The molecule has 2 aromatic rings. The minimum Gasteiger partial charge on any atom is -0.384 e. The molecule has 2 heterocycles. The molecule has 1 unspecified atom stereocenters. The largest absolute Gasteiger partial charge is 0.384 e. The van der Waals surface area contributed by atoms with Crippen molar-refractivity contribution in [2.24, 2.45) is 5.92 Å². The van der Waals surface area contributed by atoms with Crippen molar-refractivity contribution >= 4 is 33.3 Å². The van der Waals surface area contributed by atoms with E-state index in [2.05, 4.69) is 47.4 Å². The van der Waals surface area contributed by atoms with Crippen molar-refractivity contribution < 1.29 is 4.74 Å². The summed E-state index contributed by atoms with van der Waals surface area (Å²) in [7, 11) is 1.73. The molecule has 0 fully saturated rings. The van der Waals surface area contributed by atoms with Crippen LogP contribution >= 0.6 is 11.3 Å². The Labute approximate surface area is 130 Å². The number of ether oxygens (including phenoxy) is 1. The monoisotopic (exact) mass is 308 g/mol. The van der Waals surface area contributed by atoms with Crippen molar-refractivity contribution in [1.82, 2.24) is 9.97 Å². The third-order valence-electron chi connectivity index (χ3n) is 3.12. The summed E-state index contributed by atoms with van der Waals surface area (Å²) in [6.07, 6.45) is 1.05. The molecule has 0 saturated carbocycles. The molecule has 116 valence electrons. The number of anilines is 2. The van der Waals surface area contributed by atoms with Crippen LogP contribution in [0.25, 0.3) is 10.2 Å². The Morgan fingerprint density at radius 2 is 2.14 bits per heavy atom. The van der Waals surface area contributed by atoms with Gasteiger partial charge in [0.1, 0.15) is 10.6 Å². The predicted molar refractivity (Wildman–Crippen MR) is 90.5 cm³/mol. The van der Waals surface area contributed by atoms with E-state index < -0.39 is 0 Å². The smallest absolute Gasteiger partial charge is 0.226 e. The number of nitrogens with zero attached hydrogens (tertiary/aromatic N) is 2. The van der Waals surface area contributed by atoms with Gasteiger partial charge in [0.25, 0.3) is 0 Å². The number of hydrogen-bond acceptors (Lipinski definition) is 6. The van der Waals surface area contributed by atoms with E-state index in [9.17, 15) is 0 Å². The first-order valence-corrected chi connectivity index (χ1v) is 8.20. The van der Waals surface area contributed by atoms with Crippen LogP contribution in [0.4, 0.5) is 11.8 Å². The van der Waals surface area contributed by atoms with E-state index in [1.807, 2.05) is 0 Å². The molecule has 0 aliphatic carbocycles. The van der Waals surface area contributed by atoms with Gasteiger partial charge in [0.2, 0.25) is 5.95 Å². The van der Waals surface area contributed by atoms with Crippen LogP contribution < -0.4 is 10.6 Å². The minimum absolute atomic E-state index is 0.437. The lowest BCUT2D eigenvalue weighted by Gasteiger charge is -2.13. The van der Waals surface area contributed by atoms with Gasteiger partial charge >= 0.3 is 0 Å². The molecule has 0 aliphatic rings. The summed E-state index contributed by atoms with van der Waals surface area (Å²) >= 11 is 1.70. The predicted octanol–water partition coefficient (Wildman–Crippen LogP) is 3.52. The Kier molecular flexibility index (Phi) is 5.76. The highest BCUT2D eigenvalue weighted by Crippen LogP contribution is 2.29. The highest BCUT2D eigenvalue weighted by Gasteiger charge is 2.11. The molecular formula is C15H24N4OS. The van der Waals surface area contributed by atoms with Gasteiger partial charge in [0.15, 0.2) is 0 Å². The third-order valence-corrected chi connectivity index (χ3v) is 4.06. The highest BCUT2D eigenvalue weighted by atomic mass is 32.1. The summed E-state index contributed by atoms with van der Waals surface area (Å²) in [5.41, 5.74) is 0. The van der Waals surface area contributed by atoms with Gasteiger partial charge in [-0.05, 0) is 25.3 Å². The van der Waals surface area contributed by atoms with Crippen LogP contribution in [0.5, 0.6) is 0 Å². The molecule has 0 saturated heterocycles. The molecular weight excluding hydrogens is 284 g/mol. The van der Waals surface area contributed by atoms with Gasteiger partial charge in [-0.25, -0.2) is 4.98 Å². The van der Waals surface area contributed by atoms with Crippen LogP contribution in [0.3, 0.4) is 0 Å². The zero-order valence-corrected chi connectivity index (χ0v) is 14.0. The molecule has 1 atom stereocenters. The molecule has 2 aromatic heterocycles. The van der Waals surface area contributed by atoms with E-state index in [-0.39, 0.29) is 0 Å². The number of fused-ring (bicyclic) bond motifs is 1. The number of hydrogen-bond donors (Lipinski definition) is 2. The number of methoxy groups -OCH3 is 1. The van der Waals surface area contributed by atoms with Crippen molar-refractivity contribution in [3.63, 3.8) is 0 Å². The highest BCUT2D eigenvalue weighted by molar-refractivity contribution is 7.18. The molecule has 6 heteroatoms. The lowest BCUT2D eigenvalue weighted by atomic mass is 10.2. The molecule has 2 N–H and O–H groups in total. The maximum absolute atomic E-state index is 5.18. The Morgan fingerprint density at radius 3 is 2.86 bits per heavy atom. The Morgan fingerprint density at radius 1 is 1.33 bits per heavy atom. The zero-order chi connectivity index (χ0) is 15.2. The van der Waals surface area contributed by atoms with Crippen LogP contribution in [-0.4, -0.2) is 36.8 Å². The number of nitrogens with one attached hydrogen (secondary N) is 2. The second-order valence-corrected chi connectivity index (χ2v) is 6.57. The fraction of sp³-hybridized carbons (Fsp3) is 0.600. The number of rotatable bonds is 8. The van der Waals surface area contributed by atoms with E-state index in [0.717, 1.165) is 42.2 Å². The van der Waals surface area contributed by atoms with E-state index >= 15 is 0 Å². The molecule has 5 nitrogen and oxygen atoms in total. The molecule has 0 aliphatic heterocycles. The van der Waals surface area contributed by atoms with Crippen molar-refractivity contribution in [2.75, 3.05) is 37.4 Å². The number of thiophene rings is 1. The van der Waals surface area contributed by atoms with E-state index in [4.69, 9.17) is 4.74 Å². The van der Waals surface area contributed by atoms with Crippen molar-refractivity contribution in [1.29, 1.82) is 0 Å². The van der Waals surface area contributed by atoms with Gasteiger partial charge in [-0.3, -0.25) is 0 Å². The Bertz CT molecular complexity index is 584. The SMILES string of the molecule is CCCNc1nc(NCC(C)COC)c2cc(C)sc2n1. The average Bonchev–Trinajstić information content (AvgIpc) is 2.83. The van der Waals surface area contributed by atoms with Gasteiger partial charge in [-0.2, -0.15) is 4.98 Å². The van der Waals surface area contributed by atoms with E-state index in [0.29, 0.717) is 11.9 Å². The second-order valence-electron chi connectivity index (χ2n) is 5.34. The van der Waals surface area contributed by atoms with Crippen molar-refractivity contribution in [3.05, 3.63) is 10.9 Å². The molecule has 0 bridgehead atoms. The van der Waals surface area contributed by atoms with Crippen LogP contribution in [-0.2, 0) is 4.74 Å². The number of aromatic nitrogens is 2. The topological polar surface area (TPSA) is 59.1 Å². The molecule has 0 amide bonds. The first kappa shape index (κ1) is 16.0. The first-order valence-electron chi connectivity index (χ1n) is 7.39. The fourth-order valence-corrected chi connectivity index (χ4v) is 2.99. The van der Waals surface area contributed by atoms with Gasteiger partial charge in [-0.15, -0.1) is 11.3 Å². The van der Waals surface area contributed by atoms with Gasteiger partial charge in [0.05, 0.1) is 12.0 Å². The third kappa shape index (κ3) is 4.28. The maximum atomic E-state index is 5.18. The van der Waals surface area contributed by atoms with Crippen LogP contribution in [0, 0.1) is 12.8 Å². The quantitative estimate of drug-likeness (QED) is 0.781. The fourth-order valence-electron chi connectivity index (χ4n) is 2.11. The van der Waals surface area contributed by atoms with Gasteiger partial charge in [0, 0.05) is 25.1 Å². The van der Waals surface area contributed by atoms with Crippen LogP contribution in [0.2, 0.25) is 0 Å². The lowest BCUT2D eigenvalue weighted by Crippen LogP contribution is -2.17. The molecule has 0 radical (unpaired) electrons. The van der Waals surface area contributed by atoms with E-state index in [1.165, 1.54) is 4.88 Å². The number of aryl methyl sites for hydroxylation is 1. The second kappa shape index (κ2) is 7.56. The lowest BCUT2D eigenvalue weighted by molar-refractivity contribution is 0.164. The van der Waals surface area contributed by atoms with Crippen molar-refractivity contribution in [2.45, 2.75) is 27.2 Å². The summed E-state index contributed by atoms with van der Waals surface area (Å²) in [4.78, 5) is 11.5. The maximum Gasteiger partial charge on any atom is 0.226 e. The summed E-state index contributed by atoms with van der Waals surface area (Å²) in [6.45, 7) is 8.85. The molecule has 21 heavy (non-hydrogen) atoms. The van der Waals surface area contributed by atoms with Crippen LogP contribution in [0.1, 0.15) is 25.1 Å². The van der Waals surface area contributed by atoms with Crippen molar-refractivity contribution in [3.8, 4) is 0 Å². The Balaban J connectivity index is 2.21. The van der Waals surface area contributed by atoms with Gasteiger partial charge in [-0.1, -0.05) is 13.8 Å². The van der Waals surface area contributed by atoms with E-state index in [1.54, 1.807) is 18.4 Å². The first-order chi connectivity index (χ1) is 10.1. The normalized spacial score (nSPS) is 12.6. The zero-order valence-electron chi connectivity index (χ0n) is 13.2. The average molecular weight is 308 g/mol. The minimum atomic E-state index is 0.437. The summed E-state index contributed by atoms with van der Waals surface area (Å²) in [6, 6.07) is 2.15. The Hall–Kier alpha value is -1.40. The van der Waals surface area contributed by atoms with Gasteiger partial charge < -0.3 is 15.4 Å². The summed E-state index contributed by atoms with van der Waals surface area (Å²) in [5.74, 6) is 2.05. The molecule has 2 rings (SSSR count). The standard InChI is InChI=1S/C15H24N4OS/c1-5-6-16-15-18-13(17-8-10(2)9-20-4)12-7-11(3)21-14(12)19-15/h7,10H,5-6,8-9H2,1-4H3,(H2,16,17,18,19). The molecule has 0 aromatic carbocycles. The molecule has 0 spiro atoms. The summed E-state index contributed by atoms with van der Waals surface area (Å²) in [5, 5.41) is 7.81.